The van der Waals surface area contributed by atoms with Gasteiger partial charge in [0.2, 0.25) is 0 Å². The molecule has 1 aliphatic rings. The van der Waals surface area contributed by atoms with Crippen LogP contribution < -0.4 is 11.2 Å². The number of H-pyrrole nitrogens is 1. The van der Waals surface area contributed by atoms with Crippen molar-refractivity contribution in [2.45, 2.75) is 77.4 Å². The van der Waals surface area contributed by atoms with Crippen LogP contribution in [0.5, 0.6) is 0 Å². The van der Waals surface area contributed by atoms with Gasteiger partial charge in [-0.15, -0.1) is 0 Å². The number of hydrogen-bond donors (Lipinski definition) is 1. The summed E-state index contributed by atoms with van der Waals surface area (Å²) in [5, 5.41) is 0. The van der Waals surface area contributed by atoms with E-state index in [9.17, 15) is 9.59 Å². The SMILES string of the molecule is Cc1cn(C2CN(C)CC(CO[Si](C(C)C)(C(C)C)C(C)C)O2)c(=O)[nH]c1=O. The van der Waals surface area contributed by atoms with E-state index in [4.69, 9.17) is 9.16 Å². The molecule has 2 rings (SSSR count). The van der Waals surface area contributed by atoms with Crippen LogP contribution in [-0.4, -0.2) is 55.6 Å². The Balaban J connectivity index is 2.20. The van der Waals surface area contributed by atoms with Crippen LogP contribution in [-0.2, 0) is 9.16 Å². The van der Waals surface area contributed by atoms with Crippen molar-refractivity contribution >= 4 is 8.32 Å². The highest BCUT2D eigenvalue weighted by Gasteiger charge is 2.45. The predicted molar refractivity (Wildman–Crippen MR) is 114 cm³/mol. The van der Waals surface area contributed by atoms with Crippen molar-refractivity contribution in [3.8, 4) is 0 Å². The van der Waals surface area contributed by atoms with E-state index in [0.29, 0.717) is 35.3 Å². The molecule has 2 unspecified atom stereocenters. The van der Waals surface area contributed by atoms with Crippen molar-refractivity contribution in [2.24, 2.45) is 0 Å². The van der Waals surface area contributed by atoms with Crippen LogP contribution in [0.25, 0.3) is 0 Å². The van der Waals surface area contributed by atoms with Gasteiger partial charge < -0.3 is 9.16 Å². The molecule has 2 atom stereocenters. The molecule has 1 aromatic heterocycles. The molecule has 28 heavy (non-hydrogen) atoms. The standard InChI is InChI=1S/C20H37N3O4Si/c1-13(2)28(14(3)4,15(5)6)26-12-17-10-22(8)11-18(27-17)23-9-16(7)19(24)21-20(23)25/h9,13-15,17-18H,10-12H2,1-8H3,(H,21,24,25). The molecule has 0 amide bonds. The van der Waals surface area contributed by atoms with Crippen LogP contribution in [0.3, 0.4) is 0 Å². The quantitative estimate of drug-likeness (QED) is 0.698. The molecular weight excluding hydrogens is 374 g/mol. The van der Waals surface area contributed by atoms with Crippen LogP contribution in [0.1, 0.15) is 53.3 Å². The number of morpholine rings is 1. The van der Waals surface area contributed by atoms with Crippen LogP contribution in [0, 0.1) is 6.92 Å². The molecule has 0 spiro atoms. The molecular formula is C20H37N3O4Si. The molecule has 0 saturated carbocycles. The van der Waals surface area contributed by atoms with Crippen molar-refractivity contribution in [1.82, 2.24) is 14.5 Å². The fraction of sp³-hybridized carbons (Fsp3) is 0.800. The number of aromatic amines is 1. The third kappa shape index (κ3) is 4.67. The van der Waals surface area contributed by atoms with E-state index in [1.54, 1.807) is 13.1 Å². The molecule has 0 aromatic carbocycles. The molecule has 0 radical (unpaired) electrons. The number of aryl methyl sites for hydroxylation is 1. The molecule has 8 heteroatoms. The van der Waals surface area contributed by atoms with E-state index in [2.05, 4.69) is 51.4 Å². The van der Waals surface area contributed by atoms with Gasteiger partial charge in [0.1, 0.15) is 0 Å². The lowest BCUT2D eigenvalue weighted by atomic mass is 10.2. The Bertz CT molecular complexity index is 750. The van der Waals surface area contributed by atoms with E-state index in [-0.39, 0.29) is 11.7 Å². The van der Waals surface area contributed by atoms with Gasteiger partial charge in [0, 0.05) is 24.8 Å². The Morgan fingerprint density at radius 2 is 1.71 bits per heavy atom. The zero-order valence-corrected chi connectivity index (χ0v) is 19.6. The normalized spacial score (nSPS) is 21.8. The minimum Gasteiger partial charge on any atom is -0.413 e. The number of rotatable bonds is 7. The van der Waals surface area contributed by atoms with Gasteiger partial charge in [-0.25, -0.2) is 4.79 Å². The number of nitrogens with one attached hydrogen (secondary N) is 1. The van der Waals surface area contributed by atoms with E-state index in [1.807, 2.05) is 7.05 Å². The molecule has 0 bridgehead atoms. The second-order valence-electron chi connectivity index (χ2n) is 9.04. The first-order valence-corrected chi connectivity index (χ1v) is 12.4. The Labute approximate surface area is 169 Å². The summed E-state index contributed by atoms with van der Waals surface area (Å²) >= 11 is 0. The summed E-state index contributed by atoms with van der Waals surface area (Å²) in [5.41, 5.74) is 1.23. The first kappa shape index (κ1) is 23.1. The minimum atomic E-state index is -1.98. The Morgan fingerprint density at radius 3 is 2.25 bits per heavy atom. The van der Waals surface area contributed by atoms with Crippen LogP contribution in [0.15, 0.2) is 15.8 Å². The molecule has 7 nitrogen and oxygen atoms in total. The maximum atomic E-state index is 12.3. The van der Waals surface area contributed by atoms with Gasteiger partial charge in [-0.1, -0.05) is 41.5 Å². The fourth-order valence-corrected chi connectivity index (χ4v) is 10.3. The second kappa shape index (κ2) is 9.07. The van der Waals surface area contributed by atoms with Gasteiger partial charge in [-0.2, -0.15) is 0 Å². The van der Waals surface area contributed by atoms with Crippen molar-refractivity contribution in [3.05, 3.63) is 32.6 Å². The van der Waals surface area contributed by atoms with Crippen molar-refractivity contribution in [2.75, 3.05) is 26.7 Å². The van der Waals surface area contributed by atoms with Gasteiger partial charge in [0.05, 0.1) is 12.7 Å². The second-order valence-corrected chi connectivity index (χ2v) is 14.5. The van der Waals surface area contributed by atoms with E-state index < -0.39 is 20.2 Å². The van der Waals surface area contributed by atoms with Gasteiger partial charge in [0.25, 0.3) is 5.56 Å². The molecule has 1 aliphatic heterocycles. The summed E-state index contributed by atoms with van der Waals surface area (Å²) in [6, 6.07) is 0. The molecule has 160 valence electrons. The van der Waals surface area contributed by atoms with Crippen LogP contribution in [0.2, 0.25) is 16.6 Å². The Hall–Kier alpha value is -1.22. The molecule has 1 fully saturated rings. The van der Waals surface area contributed by atoms with E-state index in [1.165, 1.54) is 4.57 Å². The number of ether oxygens (including phenoxy) is 1. The minimum absolute atomic E-state index is 0.119. The van der Waals surface area contributed by atoms with Crippen molar-refractivity contribution in [1.29, 1.82) is 0 Å². The summed E-state index contributed by atoms with van der Waals surface area (Å²) in [7, 11) is 0.0412. The molecule has 1 saturated heterocycles. The summed E-state index contributed by atoms with van der Waals surface area (Å²) in [6.07, 6.45) is 1.02. The summed E-state index contributed by atoms with van der Waals surface area (Å²) in [4.78, 5) is 28.5. The summed E-state index contributed by atoms with van der Waals surface area (Å²) in [6.45, 7) is 17.2. The maximum Gasteiger partial charge on any atom is 0.330 e. The average molecular weight is 412 g/mol. The lowest BCUT2D eigenvalue weighted by molar-refractivity contribution is -0.129. The lowest BCUT2D eigenvalue weighted by Crippen LogP contribution is -2.53. The van der Waals surface area contributed by atoms with Crippen molar-refractivity contribution in [3.63, 3.8) is 0 Å². The Kier molecular flexibility index (Phi) is 7.47. The van der Waals surface area contributed by atoms with Gasteiger partial charge in [-0.05, 0) is 30.6 Å². The highest BCUT2D eigenvalue weighted by atomic mass is 28.4. The molecule has 1 N–H and O–H groups in total. The number of hydrogen-bond acceptors (Lipinski definition) is 5. The highest BCUT2D eigenvalue weighted by molar-refractivity contribution is 6.77. The van der Waals surface area contributed by atoms with Crippen molar-refractivity contribution < 1.29 is 9.16 Å². The zero-order valence-electron chi connectivity index (χ0n) is 18.6. The largest absolute Gasteiger partial charge is 0.413 e. The zero-order chi connectivity index (χ0) is 21.2. The van der Waals surface area contributed by atoms with E-state index >= 15 is 0 Å². The third-order valence-corrected chi connectivity index (χ3v) is 12.1. The molecule has 2 heterocycles. The first-order chi connectivity index (χ1) is 13.0. The smallest absolute Gasteiger partial charge is 0.330 e. The first-order valence-electron chi connectivity index (χ1n) is 10.3. The molecule has 1 aromatic rings. The number of nitrogens with zero attached hydrogens (tertiary/aromatic N) is 2. The predicted octanol–water partition coefficient (Wildman–Crippen LogP) is 2.87. The number of aromatic nitrogens is 2. The van der Waals surface area contributed by atoms with Gasteiger partial charge in [0.15, 0.2) is 14.5 Å². The summed E-state index contributed by atoms with van der Waals surface area (Å²) in [5.74, 6) is 0. The number of likely N-dealkylation sites (N-methyl/N-ethyl adjacent to an activating group) is 1. The third-order valence-electron chi connectivity index (χ3n) is 6.02. The van der Waals surface area contributed by atoms with Crippen LogP contribution in [0.4, 0.5) is 0 Å². The Morgan fingerprint density at radius 1 is 1.14 bits per heavy atom. The highest BCUT2D eigenvalue weighted by Crippen LogP contribution is 2.42. The average Bonchev–Trinajstić information content (AvgIpc) is 2.57. The van der Waals surface area contributed by atoms with E-state index in [0.717, 1.165) is 6.54 Å². The molecule has 0 aliphatic carbocycles. The summed E-state index contributed by atoms with van der Waals surface area (Å²) < 4.78 is 14.4. The monoisotopic (exact) mass is 411 g/mol. The lowest BCUT2D eigenvalue weighted by Gasteiger charge is -2.44. The maximum absolute atomic E-state index is 12.3. The van der Waals surface area contributed by atoms with Gasteiger partial charge in [-0.3, -0.25) is 19.2 Å². The van der Waals surface area contributed by atoms with Gasteiger partial charge >= 0.3 is 5.69 Å². The fourth-order valence-electron chi connectivity index (χ4n) is 4.78. The van der Waals surface area contributed by atoms with Crippen LogP contribution >= 0.6 is 0 Å². The topological polar surface area (TPSA) is 76.6 Å².